The molecular formula is C31H37N3O4. The normalized spacial score (nSPS) is 20.2. The molecule has 0 bridgehead atoms. The van der Waals surface area contributed by atoms with Crippen LogP contribution in [0.5, 0.6) is 0 Å². The number of amides is 1. The summed E-state index contributed by atoms with van der Waals surface area (Å²) in [5.74, 6) is -0.286. The minimum atomic E-state index is -1.08. The van der Waals surface area contributed by atoms with Crippen LogP contribution in [0.4, 0.5) is 5.82 Å². The van der Waals surface area contributed by atoms with Gasteiger partial charge in [-0.1, -0.05) is 49.4 Å². The highest BCUT2D eigenvalue weighted by Crippen LogP contribution is 2.34. The van der Waals surface area contributed by atoms with Crippen LogP contribution in [0.2, 0.25) is 0 Å². The van der Waals surface area contributed by atoms with Crippen LogP contribution in [0.15, 0.2) is 60.8 Å². The number of aryl methyl sites for hydroxylation is 2. The summed E-state index contributed by atoms with van der Waals surface area (Å²) in [7, 11) is 0. The van der Waals surface area contributed by atoms with Crippen molar-refractivity contribution in [1.29, 1.82) is 0 Å². The van der Waals surface area contributed by atoms with Crippen LogP contribution in [0.1, 0.15) is 66.9 Å². The molecule has 200 valence electrons. The predicted octanol–water partition coefficient (Wildman–Crippen LogP) is 5.69. The highest BCUT2D eigenvalue weighted by Gasteiger charge is 2.37. The van der Waals surface area contributed by atoms with Crippen molar-refractivity contribution < 1.29 is 19.4 Å². The lowest BCUT2D eigenvalue weighted by molar-refractivity contribution is -0.124. The summed E-state index contributed by atoms with van der Waals surface area (Å²) in [5, 5.41) is 14.8. The quantitative estimate of drug-likeness (QED) is 0.416. The Bertz CT molecular complexity index is 1220. The number of carboxylic acids is 1. The number of hydrogen-bond acceptors (Lipinski definition) is 4. The van der Waals surface area contributed by atoms with E-state index in [9.17, 15) is 14.7 Å². The summed E-state index contributed by atoms with van der Waals surface area (Å²) in [4.78, 5) is 28.0. The highest BCUT2D eigenvalue weighted by atomic mass is 16.5. The maximum absolute atomic E-state index is 13.9. The number of nitrogens with zero attached hydrogens (tertiary/aromatic N) is 3. The molecule has 7 heteroatoms. The number of benzene rings is 2. The number of rotatable bonds is 8. The van der Waals surface area contributed by atoms with Crippen molar-refractivity contribution in [2.24, 2.45) is 11.8 Å². The van der Waals surface area contributed by atoms with Crippen molar-refractivity contribution in [3.8, 4) is 5.69 Å². The Balaban J connectivity index is 1.41. The van der Waals surface area contributed by atoms with E-state index in [1.807, 2.05) is 18.2 Å². The third kappa shape index (κ3) is 5.99. The van der Waals surface area contributed by atoms with Crippen LogP contribution in [0.3, 0.4) is 0 Å². The number of aromatic carboxylic acids is 1. The monoisotopic (exact) mass is 515 g/mol. The summed E-state index contributed by atoms with van der Waals surface area (Å²) >= 11 is 0. The topological polar surface area (TPSA) is 84.7 Å². The zero-order valence-corrected chi connectivity index (χ0v) is 22.1. The molecule has 1 aliphatic carbocycles. The molecule has 0 unspecified atom stereocenters. The minimum Gasteiger partial charge on any atom is -0.477 e. The van der Waals surface area contributed by atoms with E-state index in [-0.39, 0.29) is 29.2 Å². The van der Waals surface area contributed by atoms with Gasteiger partial charge in [-0.15, -0.1) is 5.10 Å². The van der Waals surface area contributed by atoms with Crippen molar-refractivity contribution in [3.63, 3.8) is 0 Å². The molecule has 3 aromatic rings. The van der Waals surface area contributed by atoms with E-state index in [0.29, 0.717) is 32.0 Å². The number of carbonyl (C=O) groups excluding carboxylic acids is 1. The molecule has 2 fully saturated rings. The summed E-state index contributed by atoms with van der Waals surface area (Å²) in [6.07, 6.45) is 8.50. The van der Waals surface area contributed by atoms with E-state index in [2.05, 4.69) is 43.3 Å². The van der Waals surface area contributed by atoms with Crippen LogP contribution in [0, 0.1) is 11.8 Å². The van der Waals surface area contributed by atoms with Crippen LogP contribution < -0.4 is 4.90 Å². The molecule has 0 atom stereocenters. The van der Waals surface area contributed by atoms with Crippen LogP contribution in [0.25, 0.3) is 5.69 Å². The van der Waals surface area contributed by atoms with E-state index in [1.54, 1.807) is 15.8 Å². The predicted molar refractivity (Wildman–Crippen MR) is 147 cm³/mol. The maximum atomic E-state index is 13.9. The maximum Gasteiger partial charge on any atom is 0.341 e. The molecule has 7 nitrogen and oxygen atoms in total. The van der Waals surface area contributed by atoms with Gasteiger partial charge in [-0.2, -0.15) is 0 Å². The van der Waals surface area contributed by atoms with Crippen LogP contribution in [-0.2, 0) is 22.4 Å². The Kier molecular flexibility index (Phi) is 8.23. The molecule has 5 rings (SSSR count). The Hall–Kier alpha value is -3.45. The molecule has 0 radical (unpaired) electrons. The summed E-state index contributed by atoms with van der Waals surface area (Å²) in [6.45, 7) is 3.35. The van der Waals surface area contributed by atoms with Crippen LogP contribution >= 0.6 is 0 Å². The Morgan fingerprint density at radius 1 is 0.921 bits per heavy atom. The van der Waals surface area contributed by atoms with Gasteiger partial charge >= 0.3 is 5.97 Å². The zero-order chi connectivity index (χ0) is 26.5. The fourth-order valence-corrected chi connectivity index (χ4v) is 5.68. The zero-order valence-electron chi connectivity index (χ0n) is 22.1. The highest BCUT2D eigenvalue weighted by molar-refractivity contribution is 6.02. The molecule has 2 aliphatic rings. The van der Waals surface area contributed by atoms with Gasteiger partial charge in [-0.3, -0.25) is 9.69 Å². The molecule has 1 amide bonds. The molecule has 0 spiro atoms. The minimum absolute atomic E-state index is 0.00723. The standard InChI is InChI=1S/C31H37N3O4/c1-22-7-13-25(14-8-22)30(35)34(27-17-19-38-20-18-27)29-28(31(36)37)21-33(32-29)26-15-11-24(12-16-26)10-9-23-5-3-2-4-6-23/h2-6,11-12,15-16,21-22,25,27H,7-10,13-14,17-20H2,1H3,(H,36,37)/t22-,25-. The number of anilines is 1. The van der Waals surface area contributed by atoms with Crippen molar-refractivity contribution >= 4 is 17.7 Å². The van der Waals surface area contributed by atoms with Gasteiger partial charge in [0.25, 0.3) is 0 Å². The average Bonchev–Trinajstić information content (AvgIpc) is 3.39. The number of hydrogen-bond donors (Lipinski definition) is 1. The average molecular weight is 516 g/mol. The van der Waals surface area contributed by atoms with Gasteiger partial charge in [0.05, 0.1) is 5.69 Å². The van der Waals surface area contributed by atoms with E-state index in [1.165, 1.54) is 11.1 Å². The fraction of sp³-hybridized carbons (Fsp3) is 0.452. The fourth-order valence-electron chi connectivity index (χ4n) is 5.68. The molecule has 2 heterocycles. The first-order valence-corrected chi connectivity index (χ1v) is 13.9. The van der Waals surface area contributed by atoms with E-state index in [4.69, 9.17) is 9.84 Å². The van der Waals surface area contributed by atoms with Gasteiger partial charge < -0.3 is 9.84 Å². The molecule has 1 saturated carbocycles. The van der Waals surface area contributed by atoms with Crippen LogP contribution in [-0.4, -0.2) is 46.0 Å². The van der Waals surface area contributed by atoms with E-state index in [0.717, 1.165) is 44.2 Å². The lowest BCUT2D eigenvalue weighted by atomic mass is 9.82. The van der Waals surface area contributed by atoms with E-state index >= 15 is 0 Å². The Morgan fingerprint density at radius 3 is 2.18 bits per heavy atom. The Morgan fingerprint density at radius 2 is 1.55 bits per heavy atom. The van der Waals surface area contributed by atoms with Crippen molar-refractivity contribution in [1.82, 2.24) is 9.78 Å². The number of aromatic nitrogens is 2. The number of ether oxygens (including phenoxy) is 1. The lowest BCUT2D eigenvalue weighted by Gasteiger charge is -2.37. The van der Waals surface area contributed by atoms with Crippen molar-refractivity contribution in [2.45, 2.75) is 64.3 Å². The SMILES string of the molecule is C[C@H]1CC[C@H](C(=O)N(c2nn(-c3ccc(CCc4ccccc4)cc3)cc2C(=O)O)C2CCOCC2)CC1. The van der Waals surface area contributed by atoms with Crippen molar-refractivity contribution in [3.05, 3.63) is 77.5 Å². The van der Waals surface area contributed by atoms with Gasteiger partial charge in [0.15, 0.2) is 5.82 Å². The second-order valence-corrected chi connectivity index (χ2v) is 10.8. The molecular weight excluding hydrogens is 478 g/mol. The Labute approximate surface area is 224 Å². The van der Waals surface area contributed by atoms with Crippen molar-refractivity contribution in [2.75, 3.05) is 18.1 Å². The number of carboxylic acid groups (broad SMARTS) is 1. The third-order valence-electron chi connectivity index (χ3n) is 8.06. The van der Waals surface area contributed by atoms with Gasteiger partial charge in [0, 0.05) is 31.4 Å². The first-order valence-electron chi connectivity index (χ1n) is 13.9. The second kappa shape index (κ2) is 11.9. The summed E-state index contributed by atoms with van der Waals surface area (Å²) in [5.41, 5.74) is 3.33. The second-order valence-electron chi connectivity index (χ2n) is 10.8. The van der Waals surface area contributed by atoms with Gasteiger partial charge in [0.2, 0.25) is 5.91 Å². The first-order chi connectivity index (χ1) is 18.5. The molecule has 1 aromatic heterocycles. The smallest absolute Gasteiger partial charge is 0.341 e. The lowest BCUT2D eigenvalue weighted by Crippen LogP contribution is -2.47. The molecule has 2 aromatic carbocycles. The molecule has 1 N–H and O–H groups in total. The van der Waals surface area contributed by atoms with Gasteiger partial charge in [-0.05, 0) is 80.5 Å². The van der Waals surface area contributed by atoms with Gasteiger partial charge in [-0.25, -0.2) is 9.48 Å². The molecule has 1 aliphatic heterocycles. The molecule has 38 heavy (non-hydrogen) atoms. The summed E-state index contributed by atoms with van der Waals surface area (Å²) < 4.78 is 7.16. The van der Waals surface area contributed by atoms with E-state index < -0.39 is 5.97 Å². The largest absolute Gasteiger partial charge is 0.477 e. The number of carbonyl (C=O) groups is 2. The third-order valence-corrected chi connectivity index (χ3v) is 8.06. The van der Waals surface area contributed by atoms with Gasteiger partial charge in [0.1, 0.15) is 5.56 Å². The summed E-state index contributed by atoms with van der Waals surface area (Å²) in [6, 6.07) is 18.3. The first kappa shape index (κ1) is 26.2. The molecule has 1 saturated heterocycles.